The van der Waals surface area contributed by atoms with Crippen molar-refractivity contribution in [3.05, 3.63) is 52.9 Å². The summed E-state index contributed by atoms with van der Waals surface area (Å²) in [4.78, 5) is 37.2. The summed E-state index contributed by atoms with van der Waals surface area (Å²) in [6.07, 6.45) is 5.15. The Hall–Kier alpha value is -2.67. The van der Waals surface area contributed by atoms with Crippen LogP contribution in [0.5, 0.6) is 0 Å². The summed E-state index contributed by atoms with van der Waals surface area (Å²) in [5.74, 6) is 0.590. The minimum atomic E-state index is -0.107. The maximum Gasteiger partial charge on any atom is 0.257 e. The summed E-state index contributed by atoms with van der Waals surface area (Å²) in [7, 11) is 0. The maximum atomic E-state index is 12.6. The van der Waals surface area contributed by atoms with Gasteiger partial charge in [-0.05, 0) is 37.6 Å². The van der Waals surface area contributed by atoms with E-state index >= 15 is 0 Å². The molecule has 0 aromatic carbocycles. The van der Waals surface area contributed by atoms with Gasteiger partial charge in [-0.2, -0.15) is 0 Å². The van der Waals surface area contributed by atoms with E-state index in [0.717, 1.165) is 18.7 Å². The van der Waals surface area contributed by atoms with Crippen molar-refractivity contribution in [1.82, 2.24) is 20.2 Å². The van der Waals surface area contributed by atoms with E-state index in [1.807, 2.05) is 13.0 Å². The molecule has 0 bridgehead atoms. The van der Waals surface area contributed by atoms with Crippen molar-refractivity contribution in [2.24, 2.45) is 0 Å². The number of halogens is 1. The van der Waals surface area contributed by atoms with E-state index in [4.69, 9.17) is 11.6 Å². The third-order valence-corrected chi connectivity index (χ3v) is 5.29. The standard InChI is InChI=1S/C21H26ClN5O2/c1-3-5-15(2)25-20(28)16-7-8-18(24-14-16)26-10-12-27(13-11-26)21(29)17-6-4-9-23-19(17)22/h4,6-9,14-15H,3,5,10-13H2,1-2H3,(H,25,28). The minimum absolute atomic E-state index is 0.103. The van der Waals surface area contributed by atoms with Crippen LogP contribution in [0.4, 0.5) is 5.82 Å². The van der Waals surface area contributed by atoms with Crippen LogP contribution in [0, 0.1) is 0 Å². The molecule has 1 aliphatic rings. The lowest BCUT2D eigenvalue weighted by molar-refractivity contribution is 0.0746. The SMILES string of the molecule is CCCC(C)NC(=O)c1ccc(N2CCN(C(=O)c3cccnc3Cl)CC2)nc1. The van der Waals surface area contributed by atoms with Crippen LogP contribution in [0.3, 0.4) is 0 Å². The number of carbonyl (C=O) groups excluding carboxylic acids is 2. The molecule has 0 radical (unpaired) electrons. The van der Waals surface area contributed by atoms with Crippen LogP contribution < -0.4 is 10.2 Å². The molecule has 1 atom stereocenters. The zero-order valence-electron chi connectivity index (χ0n) is 16.8. The van der Waals surface area contributed by atoms with Gasteiger partial charge in [-0.1, -0.05) is 24.9 Å². The van der Waals surface area contributed by atoms with Gasteiger partial charge in [0.15, 0.2) is 0 Å². The largest absolute Gasteiger partial charge is 0.353 e. The molecule has 7 nitrogen and oxygen atoms in total. The van der Waals surface area contributed by atoms with Gasteiger partial charge >= 0.3 is 0 Å². The van der Waals surface area contributed by atoms with E-state index in [1.165, 1.54) is 0 Å². The van der Waals surface area contributed by atoms with E-state index in [9.17, 15) is 9.59 Å². The Balaban J connectivity index is 1.56. The van der Waals surface area contributed by atoms with Crippen LogP contribution in [0.15, 0.2) is 36.7 Å². The Labute approximate surface area is 176 Å². The average molecular weight is 416 g/mol. The van der Waals surface area contributed by atoms with Crippen molar-refractivity contribution in [3.63, 3.8) is 0 Å². The first-order valence-corrected chi connectivity index (χ1v) is 10.3. The molecular weight excluding hydrogens is 390 g/mol. The Morgan fingerprint density at radius 3 is 2.55 bits per heavy atom. The van der Waals surface area contributed by atoms with Gasteiger partial charge < -0.3 is 15.1 Å². The maximum absolute atomic E-state index is 12.6. The minimum Gasteiger partial charge on any atom is -0.353 e. The lowest BCUT2D eigenvalue weighted by Crippen LogP contribution is -2.49. The number of hydrogen-bond acceptors (Lipinski definition) is 5. The molecule has 154 valence electrons. The van der Waals surface area contributed by atoms with Crippen molar-refractivity contribution in [3.8, 4) is 0 Å². The number of nitrogens with one attached hydrogen (secondary N) is 1. The topological polar surface area (TPSA) is 78.4 Å². The van der Waals surface area contributed by atoms with Crippen LogP contribution >= 0.6 is 11.6 Å². The van der Waals surface area contributed by atoms with E-state index in [2.05, 4.69) is 27.1 Å². The van der Waals surface area contributed by atoms with Gasteiger partial charge in [0.25, 0.3) is 11.8 Å². The first-order valence-electron chi connectivity index (χ1n) is 9.91. The molecule has 0 spiro atoms. The van der Waals surface area contributed by atoms with Crippen molar-refractivity contribution in [2.45, 2.75) is 32.7 Å². The van der Waals surface area contributed by atoms with Gasteiger partial charge in [0.1, 0.15) is 11.0 Å². The number of nitrogens with zero attached hydrogens (tertiary/aromatic N) is 4. The fourth-order valence-electron chi connectivity index (χ4n) is 3.37. The summed E-state index contributed by atoms with van der Waals surface area (Å²) in [5.41, 5.74) is 0.977. The summed E-state index contributed by atoms with van der Waals surface area (Å²) >= 11 is 6.04. The second-order valence-corrected chi connectivity index (χ2v) is 7.55. The van der Waals surface area contributed by atoms with E-state index in [-0.39, 0.29) is 23.0 Å². The third kappa shape index (κ3) is 5.23. The van der Waals surface area contributed by atoms with Crippen molar-refractivity contribution in [1.29, 1.82) is 0 Å². The first-order chi connectivity index (χ1) is 14.0. The number of pyridine rings is 2. The summed E-state index contributed by atoms with van der Waals surface area (Å²) in [5, 5.41) is 3.21. The predicted octanol–water partition coefficient (Wildman–Crippen LogP) is 3.01. The van der Waals surface area contributed by atoms with Crippen LogP contribution in [0.25, 0.3) is 0 Å². The molecule has 8 heteroatoms. The van der Waals surface area contributed by atoms with Crippen LogP contribution in [0.1, 0.15) is 47.4 Å². The van der Waals surface area contributed by atoms with E-state index in [1.54, 1.807) is 35.5 Å². The number of piperazine rings is 1. The zero-order valence-corrected chi connectivity index (χ0v) is 17.5. The molecule has 29 heavy (non-hydrogen) atoms. The second-order valence-electron chi connectivity index (χ2n) is 7.19. The number of carbonyl (C=O) groups is 2. The van der Waals surface area contributed by atoms with Crippen LogP contribution in [0.2, 0.25) is 5.15 Å². The van der Waals surface area contributed by atoms with Crippen molar-refractivity contribution in [2.75, 3.05) is 31.1 Å². The average Bonchev–Trinajstić information content (AvgIpc) is 2.74. The Morgan fingerprint density at radius 1 is 1.17 bits per heavy atom. The fraction of sp³-hybridized carbons (Fsp3) is 0.429. The van der Waals surface area contributed by atoms with Gasteiger partial charge in [0.2, 0.25) is 0 Å². The lowest BCUT2D eigenvalue weighted by Gasteiger charge is -2.35. The van der Waals surface area contributed by atoms with Crippen LogP contribution in [-0.4, -0.2) is 58.9 Å². The highest BCUT2D eigenvalue weighted by molar-refractivity contribution is 6.32. The van der Waals surface area contributed by atoms with Crippen LogP contribution in [-0.2, 0) is 0 Å². The fourth-order valence-corrected chi connectivity index (χ4v) is 3.57. The molecular formula is C21H26ClN5O2. The predicted molar refractivity (Wildman–Crippen MR) is 113 cm³/mol. The smallest absolute Gasteiger partial charge is 0.257 e. The summed E-state index contributed by atoms with van der Waals surface area (Å²) < 4.78 is 0. The molecule has 1 N–H and O–H groups in total. The van der Waals surface area contributed by atoms with Gasteiger partial charge in [0.05, 0.1) is 11.1 Å². The van der Waals surface area contributed by atoms with Crippen molar-refractivity contribution < 1.29 is 9.59 Å². The molecule has 0 saturated carbocycles. The van der Waals surface area contributed by atoms with Crippen molar-refractivity contribution >= 4 is 29.2 Å². The normalized spacial score (nSPS) is 15.1. The monoisotopic (exact) mass is 415 g/mol. The van der Waals surface area contributed by atoms with Gasteiger partial charge in [-0.25, -0.2) is 9.97 Å². The number of aromatic nitrogens is 2. The Morgan fingerprint density at radius 2 is 1.93 bits per heavy atom. The number of amides is 2. The summed E-state index contributed by atoms with van der Waals surface area (Å²) in [6, 6.07) is 7.20. The molecule has 0 aliphatic carbocycles. The second kappa shape index (κ2) is 9.69. The number of hydrogen-bond donors (Lipinski definition) is 1. The van der Waals surface area contributed by atoms with Gasteiger partial charge in [-0.3, -0.25) is 9.59 Å². The third-order valence-electron chi connectivity index (χ3n) is 4.99. The van der Waals surface area contributed by atoms with Gasteiger partial charge in [0, 0.05) is 44.6 Å². The summed E-state index contributed by atoms with van der Waals surface area (Å²) in [6.45, 7) is 6.57. The Bertz CT molecular complexity index is 850. The molecule has 3 rings (SSSR count). The highest BCUT2D eigenvalue weighted by Crippen LogP contribution is 2.18. The molecule has 1 saturated heterocycles. The van der Waals surface area contributed by atoms with E-state index < -0.39 is 0 Å². The number of anilines is 1. The quantitative estimate of drug-likeness (QED) is 0.734. The van der Waals surface area contributed by atoms with Gasteiger partial charge in [-0.15, -0.1) is 0 Å². The lowest BCUT2D eigenvalue weighted by atomic mass is 10.1. The van der Waals surface area contributed by atoms with E-state index in [0.29, 0.717) is 37.3 Å². The molecule has 2 aromatic heterocycles. The molecule has 1 unspecified atom stereocenters. The molecule has 2 aromatic rings. The molecule has 1 aliphatic heterocycles. The highest BCUT2D eigenvalue weighted by atomic mass is 35.5. The molecule has 1 fully saturated rings. The zero-order chi connectivity index (χ0) is 20.8. The Kier molecular flexibility index (Phi) is 7.04. The highest BCUT2D eigenvalue weighted by Gasteiger charge is 2.24. The molecule has 3 heterocycles. The molecule has 2 amide bonds. The number of rotatable bonds is 6. The first kappa shape index (κ1) is 21.0.